The van der Waals surface area contributed by atoms with Crippen molar-refractivity contribution in [2.75, 3.05) is 6.61 Å². The summed E-state index contributed by atoms with van der Waals surface area (Å²) in [7, 11) is 0. The molecule has 0 atom stereocenters. The Hall–Kier alpha value is -1.02. The van der Waals surface area contributed by atoms with Crippen LogP contribution in [0, 0.1) is 0 Å². The number of benzene rings is 1. The Bertz CT molecular complexity index is 268. The summed E-state index contributed by atoms with van der Waals surface area (Å²) in [4.78, 5) is 10.5. The molecule has 1 rings (SSSR count). The Morgan fingerprint density at radius 1 is 1.12 bits per heavy atom. The van der Waals surface area contributed by atoms with Gasteiger partial charge in [-0.2, -0.15) is 0 Å². The fourth-order valence-corrected chi connectivity index (χ4v) is 0.842. The van der Waals surface area contributed by atoms with Crippen molar-refractivity contribution in [1.29, 1.82) is 0 Å². The van der Waals surface area contributed by atoms with Crippen LogP contribution in [-0.4, -0.2) is 12.4 Å². The molecule has 2 nitrogen and oxygen atoms in total. The fraction of sp³-hybridized carbons (Fsp3) is 0.462. The molecule has 0 radical (unpaired) electrons. The summed E-state index contributed by atoms with van der Waals surface area (Å²) >= 11 is 5.65. The number of carbonyl (C=O) groups excluding carboxylic acids is 1. The van der Waals surface area contributed by atoms with Gasteiger partial charge in [0.05, 0.1) is 0 Å². The second-order valence-electron chi connectivity index (χ2n) is 2.44. The van der Waals surface area contributed by atoms with E-state index in [4.69, 9.17) is 16.3 Å². The molecule has 16 heavy (non-hydrogen) atoms. The highest BCUT2D eigenvalue weighted by molar-refractivity contribution is 6.30. The van der Waals surface area contributed by atoms with Gasteiger partial charge in [0.1, 0.15) is 12.4 Å². The minimum Gasteiger partial charge on any atom is -0.486 e. The Labute approximate surface area is 104 Å². The van der Waals surface area contributed by atoms with Crippen molar-refractivity contribution in [2.24, 2.45) is 0 Å². The van der Waals surface area contributed by atoms with Crippen LogP contribution in [0.5, 0.6) is 5.75 Å². The van der Waals surface area contributed by atoms with Crippen molar-refractivity contribution in [1.82, 2.24) is 0 Å². The first-order valence-electron chi connectivity index (χ1n) is 5.56. The number of ketones is 1. The maximum atomic E-state index is 10.5. The second kappa shape index (κ2) is 12.1. The van der Waals surface area contributed by atoms with E-state index in [0.717, 1.165) is 0 Å². The van der Waals surface area contributed by atoms with Crippen LogP contribution in [-0.2, 0) is 4.79 Å². The predicted octanol–water partition coefficient (Wildman–Crippen LogP) is 4.36. The van der Waals surface area contributed by atoms with Gasteiger partial charge >= 0.3 is 0 Å². The van der Waals surface area contributed by atoms with E-state index in [9.17, 15) is 4.79 Å². The Morgan fingerprint density at radius 3 is 1.94 bits per heavy atom. The van der Waals surface area contributed by atoms with Crippen LogP contribution in [0.2, 0.25) is 5.02 Å². The minimum absolute atomic E-state index is 0.00458. The van der Waals surface area contributed by atoms with E-state index in [-0.39, 0.29) is 12.4 Å². The van der Waals surface area contributed by atoms with E-state index < -0.39 is 0 Å². The van der Waals surface area contributed by atoms with Gasteiger partial charge in [-0.1, -0.05) is 39.3 Å². The van der Waals surface area contributed by atoms with Crippen LogP contribution in [0.3, 0.4) is 0 Å². The highest BCUT2D eigenvalue weighted by Crippen LogP contribution is 2.15. The molecule has 0 saturated heterocycles. The molecular weight excluding hydrogens is 224 g/mol. The van der Waals surface area contributed by atoms with Gasteiger partial charge in [0.15, 0.2) is 5.78 Å². The molecule has 0 unspecified atom stereocenters. The number of carbonyl (C=O) groups is 1. The summed E-state index contributed by atoms with van der Waals surface area (Å²) in [5.41, 5.74) is 0. The van der Waals surface area contributed by atoms with Gasteiger partial charge < -0.3 is 4.74 Å². The molecule has 0 fully saturated rings. The zero-order chi connectivity index (χ0) is 13.0. The number of halogens is 1. The molecule has 1 aromatic carbocycles. The van der Waals surface area contributed by atoms with Crippen molar-refractivity contribution in [3.05, 3.63) is 29.3 Å². The maximum Gasteiger partial charge on any atom is 0.167 e. The molecule has 0 amide bonds. The molecule has 0 saturated carbocycles. The smallest absolute Gasteiger partial charge is 0.167 e. The lowest BCUT2D eigenvalue weighted by Gasteiger charge is -2.02. The molecule has 0 aromatic heterocycles. The molecule has 3 heteroatoms. The number of hydrogen-bond acceptors (Lipinski definition) is 2. The highest BCUT2D eigenvalue weighted by atomic mass is 35.5. The van der Waals surface area contributed by atoms with Crippen LogP contribution in [0.25, 0.3) is 0 Å². The summed E-state index contributed by atoms with van der Waals surface area (Å²) in [6, 6.07) is 6.89. The van der Waals surface area contributed by atoms with Crippen molar-refractivity contribution in [3.8, 4) is 5.75 Å². The summed E-state index contributed by atoms with van der Waals surface area (Å²) in [5.74, 6) is 0.666. The third kappa shape index (κ3) is 9.53. The van der Waals surface area contributed by atoms with E-state index in [2.05, 4.69) is 0 Å². The molecule has 0 N–H and O–H groups in total. The highest BCUT2D eigenvalue weighted by Gasteiger charge is 1.95. The largest absolute Gasteiger partial charge is 0.486 e. The van der Waals surface area contributed by atoms with Gasteiger partial charge in [0.2, 0.25) is 0 Å². The van der Waals surface area contributed by atoms with Crippen LogP contribution >= 0.6 is 11.6 Å². The first-order chi connectivity index (χ1) is 7.68. The van der Waals surface area contributed by atoms with E-state index in [1.807, 2.05) is 27.7 Å². The molecule has 0 aliphatic heterocycles. The molecule has 0 aliphatic rings. The van der Waals surface area contributed by atoms with Crippen molar-refractivity contribution >= 4 is 17.4 Å². The van der Waals surface area contributed by atoms with Crippen LogP contribution < -0.4 is 4.74 Å². The molecular formula is C13H21ClO2. The van der Waals surface area contributed by atoms with Crippen molar-refractivity contribution in [3.63, 3.8) is 0 Å². The summed E-state index contributed by atoms with van der Waals surface area (Å²) in [6.45, 7) is 9.59. The fourth-order valence-electron chi connectivity index (χ4n) is 0.716. The van der Waals surface area contributed by atoms with E-state index in [1.165, 1.54) is 6.92 Å². The number of Topliss-reactive ketones (excluding diaryl/α,β-unsaturated/α-hetero) is 1. The molecule has 0 heterocycles. The standard InChI is InChI=1S/C9H9ClO2.2C2H6/c1-7(11)6-12-9-4-2-8(10)3-5-9;2*1-2/h2-5H,6H2,1H3;2*1-2H3. The Kier molecular flexibility index (Phi) is 13.1. The van der Waals surface area contributed by atoms with Gasteiger partial charge in [0, 0.05) is 5.02 Å². The molecule has 0 aliphatic carbocycles. The lowest BCUT2D eigenvalue weighted by atomic mass is 10.3. The van der Waals surface area contributed by atoms with Gasteiger partial charge in [-0.15, -0.1) is 0 Å². The van der Waals surface area contributed by atoms with Gasteiger partial charge in [0.25, 0.3) is 0 Å². The van der Waals surface area contributed by atoms with Crippen LogP contribution in [0.1, 0.15) is 34.6 Å². The predicted molar refractivity (Wildman–Crippen MR) is 70.3 cm³/mol. The van der Waals surface area contributed by atoms with Crippen molar-refractivity contribution < 1.29 is 9.53 Å². The van der Waals surface area contributed by atoms with E-state index in [0.29, 0.717) is 10.8 Å². The summed E-state index contributed by atoms with van der Waals surface area (Å²) in [6.07, 6.45) is 0. The number of rotatable bonds is 3. The van der Waals surface area contributed by atoms with Gasteiger partial charge in [-0.25, -0.2) is 0 Å². The molecule has 1 aromatic rings. The quantitative estimate of drug-likeness (QED) is 0.790. The topological polar surface area (TPSA) is 26.3 Å². The zero-order valence-electron chi connectivity index (χ0n) is 10.7. The first-order valence-corrected chi connectivity index (χ1v) is 5.94. The average Bonchev–Trinajstić information content (AvgIpc) is 2.33. The summed E-state index contributed by atoms with van der Waals surface area (Å²) in [5, 5.41) is 0.658. The Balaban J connectivity index is 0. The monoisotopic (exact) mass is 244 g/mol. The van der Waals surface area contributed by atoms with Crippen LogP contribution in [0.4, 0.5) is 0 Å². The lowest BCUT2D eigenvalue weighted by Crippen LogP contribution is -2.06. The number of hydrogen-bond donors (Lipinski definition) is 0. The SMILES string of the molecule is CC.CC.CC(=O)COc1ccc(Cl)cc1. The molecule has 92 valence electrons. The van der Waals surface area contributed by atoms with Crippen molar-refractivity contribution in [2.45, 2.75) is 34.6 Å². The van der Waals surface area contributed by atoms with Crippen LogP contribution in [0.15, 0.2) is 24.3 Å². The summed E-state index contributed by atoms with van der Waals surface area (Å²) < 4.78 is 5.11. The van der Waals surface area contributed by atoms with E-state index in [1.54, 1.807) is 24.3 Å². The first kappa shape index (κ1) is 17.4. The normalized spacial score (nSPS) is 7.88. The van der Waals surface area contributed by atoms with Gasteiger partial charge in [-0.3, -0.25) is 4.79 Å². The molecule has 0 spiro atoms. The zero-order valence-corrected chi connectivity index (χ0v) is 11.5. The molecule has 0 bridgehead atoms. The minimum atomic E-state index is 0.00458. The second-order valence-corrected chi connectivity index (χ2v) is 2.88. The van der Waals surface area contributed by atoms with E-state index >= 15 is 0 Å². The third-order valence-electron chi connectivity index (χ3n) is 1.26. The van der Waals surface area contributed by atoms with Gasteiger partial charge in [-0.05, 0) is 31.2 Å². The Morgan fingerprint density at radius 2 is 1.56 bits per heavy atom. The third-order valence-corrected chi connectivity index (χ3v) is 1.51. The lowest BCUT2D eigenvalue weighted by molar-refractivity contribution is -0.118. The number of ether oxygens (including phenoxy) is 1. The maximum absolute atomic E-state index is 10.5. The average molecular weight is 245 g/mol.